The van der Waals surface area contributed by atoms with Crippen molar-refractivity contribution in [1.82, 2.24) is 14.9 Å². The normalized spacial score (nSPS) is 15.7. The fraction of sp³-hybridized carbons (Fsp3) is 0.193. The zero-order chi connectivity index (χ0) is 54.7. The Kier molecular flexibility index (Phi) is 16.9. The molecular weight excluding hydrogens is 1110 g/mol. The maximum atomic E-state index is 16.8. The van der Waals surface area contributed by atoms with E-state index >= 15 is 4.79 Å². The van der Waals surface area contributed by atoms with Crippen LogP contribution in [0.5, 0.6) is 17.2 Å². The fourth-order valence-corrected chi connectivity index (χ4v) is 17.9. The molecule has 6 aromatic carbocycles. The van der Waals surface area contributed by atoms with Crippen molar-refractivity contribution in [3.63, 3.8) is 0 Å². The molecule has 3 N–H and O–H groups in total. The highest BCUT2D eigenvalue weighted by Crippen LogP contribution is 2.82. The first-order valence-corrected chi connectivity index (χ1v) is 28.8. The maximum Gasteiger partial charge on any atom is 0.202 e. The number of hydrogen-bond donors (Lipinski definition) is 3. The standard InChI is InChI=1S/C57H55Cl4N9O4S3/c1-68(2)52-47(75-55(65-52)62-38-18-24-41(72-7)25-19-38)49(33-13-16-36(58)17-14-33)77(50(35-11-10-12-37(59)31-35)48-53(69(3)4)66-56(76-48)63-39-20-26-42(73-8)27-21-39)51(46(71)34-15-30-44(60)45(61)32-34)54(70(5)6)67-57(77)64-40-22-28-43(74-9)29-23-40/h10-32,49-50H,1-9H3,(H,62,65)(H,63,66)(H,64,67). The van der Waals surface area contributed by atoms with Gasteiger partial charge in [0.2, 0.25) is 5.78 Å². The molecule has 1 aliphatic heterocycles. The topological polar surface area (TPSA) is 129 Å². The molecule has 13 nitrogen and oxygen atoms in total. The fourth-order valence-electron chi connectivity index (χ4n) is 9.01. The number of carbonyl (C=O) groups excluding carboxylic acids is 1. The molecule has 2 aromatic heterocycles. The second-order valence-corrected chi connectivity index (χ2v) is 25.2. The first-order chi connectivity index (χ1) is 37.0. The van der Waals surface area contributed by atoms with Crippen LogP contribution in [0.3, 0.4) is 0 Å². The number of nitrogens with zero attached hydrogens (tertiary/aromatic N) is 6. The average molecular weight is 1170 g/mol. The Labute approximate surface area is 478 Å². The van der Waals surface area contributed by atoms with Crippen LogP contribution in [0.25, 0.3) is 0 Å². The molecule has 0 spiro atoms. The Balaban J connectivity index is 1.47. The Morgan fingerprint density at radius 2 is 1.01 bits per heavy atom. The first-order valence-electron chi connectivity index (χ1n) is 23.9. The highest BCUT2D eigenvalue weighted by Gasteiger charge is 2.59. The van der Waals surface area contributed by atoms with E-state index in [9.17, 15) is 0 Å². The molecule has 398 valence electrons. The van der Waals surface area contributed by atoms with Gasteiger partial charge in [0.1, 0.15) is 34.7 Å². The number of aromatic nitrogens is 2. The number of ether oxygens (including phenoxy) is 3. The molecular formula is C57H55Cl4N9O4S3. The average Bonchev–Trinajstić information content (AvgIpc) is 4.35. The summed E-state index contributed by atoms with van der Waals surface area (Å²) in [6, 6.07) is 43.6. The molecule has 3 unspecified atom stereocenters. The van der Waals surface area contributed by atoms with E-state index in [-0.39, 0.29) is 10.8 Å². The van der Waals surface area contributed by atoms with Gasteiger partial charge in [-0.3, -0.25) is 4.79 Å². The molecule has 0 saturated carbocycles. The summed E-state index contributed by atoms with van der Waals surface area (Å²) >= 11 is 30.6. The molecule has 0 radical (unpaired) electrons. The van der Waals surface area contributed by atoms with E-state index in [1.807, 2.05) is 172 Å². The lowest BCUT2D eigenvalue weighted by Crippen LogP contribution is -2.33. The van der Waals surface area contributed by atoms with Gasteiger partial charge >= 0.3 is 0 Å². The molecule has 3 heterocycles. The summed E-state index contributed by atoms with van der Waals surface area (Å²) in [7, 11) is 13.3. The third kappa shape index (κ3) is 11.4. The molecule has 9 rings (SSSR count). The SMILES string of the molecule is COc1ccc(NC2=NC(N(C)C)=C(C(=O)c3ccc(Cl)c(Cl)c3)S2(C(c2ccc(Cl)cc2)c2sc(Nc3ccc(OC)cc3)nc2N(C)C)C(c2cccc(Cl)c2)c2sc(Nc3ccc(OC)cc3)nc2N(C)C)cc1. The Morgan fingerprint density at radius 1 is 0.532 bits per heavy atom. The Hall–Kier alpha value is -6.63. The molecule has 0 aliphatic carbocycles. The maximum absolute atomic E-state index is 16.8. The van der Waals surface area contributed by atoms with Crippen molar-refractivity contribution in [2.75, 3.05) is 89.4 Å². The molecule has 0 amide bonds. The predicted molar refractivity (Wildman–Crippen MR) is 325 cm³/mol. The third-order valence-electron chi connectivity index (χ3n) is 12.6. The summed E-state index contributed by atoms with van der Waals surface area (Å²) in [5, 5.41) is 12.8. The smallest absolute Gasteiger partial charge is 0.202 e. The van der Waals surface area contributed by atoms with Crippen molar-refractivity contribution in [3.8, 4) is 17.2 Å². The first kappa shape index (κ1) is 55.1. The van der Waals surface area contributed by atoms with E-state index in [2.05, 4.69) is 22.0 Å². The number of ketones is 1. The highest BCUT2D eigenvalue weighted by atomic mass is 35.5. The number of benzene rings is 6. The number of anilines is 7. The molecule has 3 atom stereocenters. The summed E-state index contributed by atoms with van der Waals surface area (Å²) in [5.74, 6) is 3.52. The number of nitrogens with one attached hydrogen (secondary N) is 3. The number of hydrogen-bond acceptors (Lipinski definition) is 15. The van der Waals surface area contributed by atoms with E-state index in [4.69, 9.17) is 75.6 Å². The van der Waals surface area contributed by atoms with Crippen LogP contribution in [0.4, 0.5) is 39.0 Å². The van der Waals surface area contributed by atoms with Crippen LogP contribution in [0.15, 0.2) is 155 Å². The van der Waals surface area contributed by atoms with E-state index in [0.717, 1.165) is 32.3 Å². The number of carbonyl (C=O) groups is 1. The summed E-state index contributed by atoms with van der Waals surface area (Å²) in [6.45, 7) is 0. The van der Waals surface area contributed by atoms with Crippen LogP contribution in [-0.4, -0.2) is 89.4 Å². The molecule has 77 heavy (non-hydrogen) atoms. The number of thiazole rings is 2. The Bertz CT molecular complexity index is 3480. The second-order valence-electron chi connectivity index (χ2n) is 18.3. The number of Topliss-reactive ketones (excluding diaryl/α,β-unsaturated/α-hetero) is 1. The van der Waals surface area contributed by atoms with Crippen LogP contribution in [0.1, 0.15) is 41.7 Å². The predicted octanol–water partition coefficient (Wildman–Crippen LogP) is 15.6. The van der Waals surface area contributed by atoms with Gasteiger partial charge in [0.25, 0.3) is 0 Å². The number of methoxy groups -OCH3 is 3. The van der Waals surface area contributed by atoms with Crippen molar-refractivity contribution in [2.24, 2.45) is 4.99 Å². The monoisotopic (exact) mass is 1170 g/mol. The van der Waals surface area contributed by atoms with Crippen molar-refractivity contribution < 1.29 is 19.0 Å². The molecule has 0 bridgehead atoms. The minimum Gasteiger partial charge on any atom is -0.497 e. The second kappa shape index (κ2) is 23.5. The van der Waals surface area contributed by atoms with Gasteiger partial charge in [0, 0.05) is 75.0 Å². The molecule has 20 heteroatoms. The van der Waals surface area contributed by atoms with Crippen molar-refractivity contribution in [1.29, 1.82) is 0 Å². The number of rotatable bonds is 19. The number of allylic oxidation sites excluding steroid dienone is 1. The van der Waals surface area contributed by atoms with Crippen molar-refractivity contribution in [3.05, 3.63) is 197 Å². The van der Waals surface area contributed by atoms with Crippen molar-refractivity contribution in [2.45, 2.75) is 10.5 Å². The van der Waals surface area contributed by atoms with Crippen LogP contribution in [-0.2, 0) is 0 Å². The van der Waals surface area contributed by atoms with E-state index < -0.39 is 20.5 Å². The largest absolute Gasteiger partial charge is 0.497 e. The lowest BCUT2D eigenvalue weighted by molar-refractivity contribution is 0.104. The van der Waals surface area contributed by atoms with Crippen LogP contribution in [0.2, 0.25) is 20.1 Å². The van der Waals surface area contributed by atoms with Gasteiger partial charge in [0.05, 0.1) is 56.5 Å². The highest BCUT2D eigenvalue weighted by molar-refractivity contribution is 8.49. The molecule has 8 aromatic rings. The third-order valence-corrected chi connectivity index (χ3v) is 20.5. The van der Waals surface area contributed by atoms with Crippen LogP contribution >= 0.6 is 79.1 Å². The number of amidine groups is 1. The molecule has 1 aliphatic rings. The van der Waals surface area contributed by atoms with E-state index in [1.165, 1.54) is 22.7 Å². The summed E-state index contributed by atoms with van der Waals surface area (Å²) in [4.78, 5) is 41.3. The lowest BCUT2D eigenvalue weighted by Gasteiger charge is -2.51. The van der Waals surface area contributed by atoms with Crippen molar-refractivity contribution >= 4 is 129 Å². The summed E-state index contributed by atoms with van der Waals surface area (Å²) < 4.78 is 16.7. The number of aliphatic imine (C=N–C) groups is 1. The zero-order valence-corrected chi connectivity index (χ0v) is 49.0. The van der Waals surface area contributed by atoms with Crippen LogP contribution in [0, 0.1) is 0 Å². The van der Waals surface area contributed by atoms with Gasteiger partial charge in [0.15, 0.2) is 15.4 Å². The quantitative estimate of drug-likeness (QED) is 0.0667. The van der Waals surface area contributed by atoms with Gasteiger partial charge in [-0.1, -0.05) is 93.3 Å². The zero-order valence-electron chi connectivity index (χ0n) is 43.5. The molecule has 0 saturated heterocycles. The summed E-state index contributed by atoms with van der Waals surface area (Å²) in [5.41, 5.74) is 4.22. The minimum atomic E-state index is -3.28. The Morgan fingerprint density at radius 3 is 1.45 bits per heavy atom. The molecule has 0 fully saturated rings. The van der Waals surface area contributed by atoms with Crippen LogP contribution < -0.4 is 40.0 Å². The summed E-state index contributed by atoms with van der Waals surface area (Å²) in [6.07, 6.45) is 0. The minimum absolute atomic E-state index is 0.222. The lowest BCUT2D eigenvalue weighted by atomic mass is 10.1. The number of halogens is 4. The van der Waals surface area contributed by atoms with E-state index in [1.54, 1.807) is 39.5 Å². The van der Waals surface area contributed by atoms with Gasteiger partial charge in [-0.2, -0.15) is 0 Å². The van der Waals surface area contributed by atoms with Gasteiger partial charge in [-0.25, -0.2) is 15.0 Å². The van der Waals surface area contributed by atoms with Gasteiger partial charge in [-0.15, -0.1) is 10.0 Å². The van der Waals surface area contributed by atoms with E-state index in [0.29, 0.717) is 81.4 Å². The van der Waals surface area contributed by atoms with Gasteiger partial charge in [-0.05, 0) is 126 Å². The van der Waals surface area contributed by atoms with Gasteiger partial charge < -0.3 is 44.9 Å².